The molecule has 0 aliphatic heterocycles. The Hall–Kier alpha value is -2.15. The Kier molecular flexibility index (Phi) is 5.40. The zero-order valence-corrected chi connectivity index (χ0v) is 8.04. The van der Waals surface area contributed by atoms with Crippen LogP contribution in [0.15, 0.2) is 41.2 Å². The average Bonchev–Trinajstić information content (AvgIpc) is 2.21. The van der Waals surface area contributed by atoms with Crippen molar-refractivity contribution in [2.75, 3.05) is 7.05 Å². The van der Waals surface area contributed by atoms with Gasteiger partial charge in [-0.05, 0) is 6.08 Å². The van der Waals surface area contributed by atoms with Crippen LogP contribution in [0.2, 0.25) is 0 Å². The third-order valence-corrected chi connectivity index (χ3v) is 1.37. The van der Waals surface area contributed by atoms with Gasteiger partial charge < -0.3 is 10.7 Å². The Bertz CT molecular complexity index is 342. The molecule has 0 unspecified atom stereocenters. The van der Waals surface area contributed by atoms with Gasteiger partial charge in [0.1, 0.15) is 11.8 Å². The number of hydrogen-bond donors (Lipinski definition) is 2. The number of aliphatic imine (C=N–C) groups is 1. The first-order valence-electron chi connectivity index (χ1n) is 3.86. The molecule has 0 bridgehead atoms. The Morgan fingerprint density at radius 1 is 1.57 bits per heavy atom. The van der Waals surface area contributed by atoms with Gasteiger partial charge in [0.05, 0.1) is 0 Å². The van der Waals surface area contributed by atoms with E-state index in [4.69, 9.17) is 10.7 Å². The summed E-state index contributed by atoms with van der Waals surface area (Å²) in [7, 11) is 1.72. The van der Waals surface area contributed by atoms with E-state index in [0.29, 0.717) is 11.3 Å². The van der Waals surface area contributed by atoms with Crippen LogP contribution in [0, 0.1) is 16.7 Å². The molecule has 0 aliphatic rings. The lowest BCUT2D eigenvalue weighted by Crippen LogP contribution is -2.08. The molecule has 0 aromatic rings. The second kappa shape index (κ2) is 6.38. The SMILES string of the molecule is C=C(C#N)/N=C/C(=C)/C(=C/C=N)NC. The number of rotatable bonds is 5. The predicted octanol–water partition coefficient (Wildman–Crippen LogP) is 1.40. The molecule has 0 aromatic carbocycles. The van der Waals surface area contributed by atoms with Gasteiger partial charge in [0, 0.05) is 30.7 Å². The van der Waals surface area contributed by atoms with Crippen molar-refractivity contribution in [1.82, 2.24) is 5.32 Å². The van der Waals surface area contributed by atoms with Crippen molar-refractivity contribution in [2.45, 2.75) is 0 Å². The summed E-state index contributed by atoms with van der Waals surface area (Å²) in [6.07, 6.45) is 4.12. The van der Waals surface area contributed by atoms with Crippen LogP contribution in [0.5, 0.6) is 0 Å². The van der Waals surface area contributed by atoms with Gasteiger partial charge in [0.25, 0.3) is 0 Å². The highest BCUT2D eigenvalue weighted by molar-refractivity contribution is 5.86. The summed E-state index contributed by atoms with van der Waals surface area (Å²) in [5.74, 6) is 0. The van der Waals surface area contributed by atoms with Gasteiger partial charge in [0.2, 0.25) is 0 Å². The fourth-order valence-corrected chi connectivity index (χ4v) is 0.689. The van der Waals surface area contributed by atoms with E-state index >= 15 is 0 Å². The molecular weight excluding hydrogens is 176 g/mol. The number of nitrogens with zero attached hydrogens (tertiary/aromatic N) is 2. The average molecular weight is 188 g/mol. The van der Waals surface area contributed by atoms with E-state index in [-0.39, 0.29) is 5.70 Å². The molecule has 0 rings (SSSR count). The lowest BCUT2D eigenvalue weighted by Gasteiger charge is -2.03. The van der Waals surface area contributed by atoms with Crippen LogP contribution in [-0.2, 0) is 0 Å². The molecule has 0 heterocycles. The number of likely N-dealkylation sites (N-methyl/N-ethyl adjacent to an activating group) is 1. The van der Waals surface area contributed by atoms with Crippen molar-refractivity contribution in [2.24, 2.45) is 4.99 Å². The van der Waals surface area contributed by atoms with E-state index in [9.17, 15) is 0 Å². The first-order valence-corrected chi connectivity index (χ1v) is 3.86. The normalized spacial score (nSPS) is 10.7. The van der Waals surface area contributed by atoms with Crippen molar-refractivity contribution in [3.8, 4) is 6.07 Å². The summed E-state index contributed by atoms with van der Waals surface area (Å²) < 4.78 is 0. The van der Waals surface area contributed by atoms with Crippen LogP contribution in [0.3, 0.4) is 0 Å². The van der Waals surface area contributed by atoms with Gasteiger partial charge in [-0.25, -0.2) is 4.99 Å². The van der Waals surface area contributed by atoms with Crippen LogP contribution in [0.4, 0.5) is 0 Å². The number of hydrogen-bond acceptors (Lipinski definition) is 4. The summed E-state index contributed by atoms with van der Waals surface area (Å²) in [6.45, 7) is 7.11. The number of nitrogens with one attached hydrogen (secondary N) is 2. The van der Waals surface area contributed by atoms with Crippen LogP contribution in [0.25, 0.3) is 0 Å². The Balaban J connectivity index is 4.57. The zero-order valence-electron chi connectivity index (χ0n) is 8.04. The Morgan fingerprint density at radius 3 is 2.64 bits per heavy atom. The van der Waals surface area contributed by atoms with E-state index in [2.05, 4.69) is 23.5 Å². The molecule has 0 aliphatic carbocycles. The van der Waals surface area contributed by atoms with Crippen LogP contribution >= 0.6 is 0 Å². The minimum Gasteiger partial charge on any atom is -0.388 e. The highest BCUT2D eigenvalue weighted by Gasteiger charge is 1.95. The quantitative estimate of drug-likeness (QED) is 0.389. The molecule has 4 heteroatoms. The molecule has 0 spiro atoms. The second-order valence-corrected chi connectivity index (χ2v) is 2.34. The van der Waals surface area contributed by atoms with E-state index in [1.807, 2.05) is 0 Å². The zero-order chi connectivity index (χ0) is 11.0. The highest BCUT2D eigenvalue weighted by Crippen LogP contribution is 2.00. The first-order chi connectivity index (χ1) is 6.65. The predicted molar refractivity (Wildman–Crippen MR) is 58.3 cm³/mol. The fraction of sp³-hybridized carbons (Fsp3) is 0.100. The van der Waals surface area contributed by atoms with Crippen molar-refractivity contribution in [3.05, 3.63) is 36.2 Å². The van der Waals surface area contributed by atoms with Gasteiger partial charge >= 0.3 is 0 Å². The minimum atomic E-state index is 0.122. The maximum absolute atomic E-state index is 8.39. The lowest BCUT2D eigenvalue weighted by molar-refractivity contribution is 1.03. The molecule has 0 aromatic heterocycles. The highest BCUT2D eigenvalue weighted by atomic mass is 14.8. The van der Waals surface area contributed by atoms with Crippen LogP contribution in [-0.4, -0.2) is 19.5 Å². The Labute approximate surface area is 83.5 Å². The van der Waals surface area contributed by atoms with E-state index in [1.54, 1.807) is 19.2 Å². The smallest absolute Gasteiger partial charge is 0.133 e. The topological polar surface area (TPSA) is 72.0 Å². The van der Waals surface area contributed by atoms with Gasteiger partial charge in [-0.3, -0.25) is 0 Å². The minimum absolute atomic E-state index is 0.122. The van der Waals surface area contributed by atoms with E-state index < -0.39 is 0 Å². The number of allylic oxidation sites excluding steroid dienone is 3. The number of nitriles is 1. The van der Waals surface area contributed by atoms with Crippen molar-refractivity contribution < 1.29 is 0 Å². The summed E-state index contributed by atoms with van der Waals surface area (Å²) in [5.41, 5.74) is 1.39. The molecule has 0 atom stereocenters. The summed E-state index contributed by atoms with van der Waals surface area (Å²) in [4.78, 5) is 3.76. The van der Waals surface area contributed by atoms with Gasteiger partial charge in [0.15, 0.2) is 0 Å². The van der Waals surface area contributed by atoms with E-state index in [1.165, 1.54) is 6.21 Å². The molecule has 0 saturated carbocycles. The second-order valence-electron chi connectivity index (χ2n) is 2.34. The van der Waals surface area contributed by atoms with Crippen LogP contribution < -0.4 is 5.32 Å². The van der Waals surface area contributed by atoms with Gasteiger partial charge in [-0.15, -0.1) is 0 Å². The van der Waals surface area contributed by atoms with E-state index in [0.717, 1.165) is 6.21 Å². The third kappa shape index (κ3) is 4.02. The standard InChI is InChI=1S/C10H12N4/c1-8(7-14-9(2)6-12)10(13-3)4-5-11/h4-5,7,11,13H,1-2H2,3H3/b10-4-,11-5?,14-7+. The molecular formula is C10H12N4. The molecule has 0 radical (unpaired) electrons. The maximum atomic E-state index is 8.39. The molecule has 0 amide bonds. The molecule has 2 N–H and O–H groups in total. The van der Waals surface area contributed by atoms with Crippen LogP contribution in [0.1, 0.15) is 0 Å². The summed E-state index contributed by atoms with van der Waals surface area (Å²) in [5, 5.41) is 18.1. The molecule has 4 nitrogen and oxygen atoms in total. The summed E-state index contributed by atoms with van der Waals surface area (Å²) >= 11 is 0. The van der Waals surface area contributed by atoms with Gasteiger partial charge in [-0.1, -0.05) is 13.2 Å². The molecule has 0 fully saturated rings. The third-order valence-electron chi connectivity index (χ3n) is 1.37. The Morgan fingerprint density at radius 2 is 2.21 bits per heavy atom. The maximum Gasteiger partial charge on any atom is 0.133 e. The summed E-state index contributed by atoms with van der Waals surface area (Å²) in [6, 6.07) is 1.79. The molecule has 14 heavy (non-hydrogen) atoms. The van der Waals surface area contributed by atoms with Gasteiger partial charge in [-0.2, -0.15) is 5.26 Å². The fourth-order valence-electron chi connectivity index (χ4n) is 0.689. The van der Waals surface area contributed by atoms with Crippen molar-refractivity contribution in [3.63, 3.8) is 0 Å². The monoisotopic (exact) mass is 188 g/mol. The first kappa shape index (κ1) is 11.8. The lowest BCUT2D eigenvalue weighted by atomic mass is 10.2. The molecule has 0 saturated heterocycles. The van der Waals surface area contributed by atoms with Crippen molar-refractivity contribution in [1.29, 1.82) is 10.7 Å². The molecule has 72 valence electrons. The largest absolute Gasteiger partial charge is 0.388 e. The van der Waals surface area contributed by atoms with Crippen molar-refractivity contribution >= 4 is 12.4 Å².